The van der Waals surface area contributed by atoms with Crippen molar-refractivity contribution >= 4 is 34.9 Å². The van der Waals surface area contributed by atoms with E-state index in [0.717, 1.165) is 5.56 Å². The van der Waals surface area contributed by atoms with E-state index in [1.165, 1.54) is 19.1 Å². The maximum Gasteiger partial charge on any atom is 0.506 e. The van der Waals surface area contributed by atoms with Crippen molar-refractivity contribution in [3.63, 3.8) is 0 Å². The van der Waals surface area contributed by atoms with E-state index in [1.807, 2.05) is 30.4 Å². The van der Waals surface area contributed by atoms with Crippen molar-refractivity contribution in [2.24, 2.45) is 5.92 Å². The van der Waals surface area contributed by atoms with Crippen molar-refractivity contribution in [1.82, 2.24) is 0 Å². The fraction of sp³-hybridized carbons (Fsp3) is 0.174. The van der Waals surface area contributed by atoms with Gasteiger partial charge in [0.1, 0.15) is 23.9 Å². The van der Waals surface area contributed by atoms with Crippen LogP contribution in [0.3, 0.4) is 0 Å². The number of ether oxygens (including phenoxy) is 2. The number of allylic oxidation sites excluding steroid dienone is 3. The molecule has 0 spiro atoms. The minimum atomic E-state index is -0.548. The molecule has 1 unspecified atom stereocenters. The van der Waals surface area contributed by atoms with E-state index in [0.29, 0.717) is 34.5 Å². The number of rotatable bonds is 5. The van der Waals surface area contributed by atoms with E-state index in [4.69, 9.17) is 21.1 Å². The quantitative estimate of drug-likeness (QED) is 0.675. The van der Waals surface area contributed by atoms with Gasteiger partial charge in [0, 0.05) is 11.1 Å². The highest BCUT2D eigenvalue weighted by molar-refractivity contribution is 6.30. The van der Waals surface area contributed by atoms with Gasteiger partial charge in [0.2, 0.25) is 0 Å². The molecule has 2 aliphatic rings. The van der Waals surface area contributed by atoms with Crippen LogP contribution in [0.15, 0.2) is 66.8 Å². The first-order valence-electron chi connectivity index (χ1n) is 9.37. The van der Waals surface area contributed by atoms with Crippen molar-refractivity contribution in [1.29, 1.82) is 0 Å². The number of halogens is 1. The van der Waals surface area contributed by atoms with Crippen molar-refractivity contribution < 1.29 is 23.6 Å². The summed E-state index contributed by atoms with van der Waals surface area (Å²) in [6, 6.07) is 11.8. The van der Waals surface area contributed by atoms with E-state index in [9.17, 15) is 9.59 Å². The van der Waals surface area contributed by atoms with Crippen LogP contribution in [-0.2, 0) is 11.3 Å². The van der Waals surface area contributed by atoms with Crippen LogP contribution in [0, 0.1) is 5.92 Å². The van der Waals surface area contributed by atoms with Gasteiger partial charge in [-0.25, -0.2) is 4.79 Å². The standard InChI is InChI=1S/C23H20ClN2O4/c1-29-20-12-11-17(13-21(20)30-2)26-22(27)18-5-3-4-6-19(18)25(23(26)28)14-15-7-9-16(24)10-8-15/h3-13,18H,14H2,1-2H3/q+1. The number of urea groups is 1. The highest BCUT2D eigenvalue weighted by Crippen LogP contribution is 2.34. The highest BCUT2D eigenvalue weighted by Gasteiger charge is 2.48. The van der Waals surface area contributed by atoms with Crippen LogP contribution in [0.25, 0.3) is 0 Å². The molecule has 1 heterocycles. The average molecular weight is 424 g/mol. The third kappa shape index (κ3) is 3.50. The predicted octanol–water partition coefficient (Wildman–Crippen LogP) is 4.22. The van der Waals surface area contributed by atoms with Gasteiger partial charge >= 0.3 is 11.9 Å². The maximum absolute atomic E-state index is 13.5. The second-order valence-electron chi connectivity index (χ2n) is 6.85. The number of hydrogen-bond donors (Lipinski definition) is 0. The molecular weight excluding hydrogens is 404 g/mol. The number of benzene rings is 2. The van der Waals surface area contributed by atoms with E-state index in [1.54, 1.807) is 41.0 Å². The third-order valence-corrected chi connectivity index (χ3v) is 5.35. The zero-order chi connectivity index (χ0) is 21.3. The Morgan fingerprint density at radius 1 is 1.00 bits per heavy atom. The third-order valence-electron chi connectivity index (χ3n) is 5.10. The summed E-state index contributed by atoms with van der Waals surface area (Å²) >= 11 is 5.99. The number of carbonyl (C=O) groups is 2. The van der Waals surface area contributed by atoms with Crippen LogP contribution in [-0.4, -0.2) is 36.4 Å². The van der Waals surface area contributed by atoms with Gasteiger partial charge in [-0.15, -0.1) is 4.90 Å². The predicted molar refractivity (Wildman–Crippen MR) is 115 cm³/mol. The molecule has 1 aliphatic heterocycles. The minimum absolute atomic E-state index is 0.310. The lowest BCUT2D eigenvalue weighted by molar-refractivity contribution is -0.445. The van der Waals surface area contributed by atoms with Crippen molar-refractivity contribution in [3.05, 3.63) is 77.4 Å². The lowest BCUT2D eigenvalue weighted by Crippen LogP contribution is -2.54. The Balaban J connectivity index is 1.79. The molecule has 0 saturated carbocycles. The second kappa shape index (κ2) is 8.16. The monoisotopic (exact) mass is 423 g/mol. The number of fused-ring (bicyclic) bond motifs is 1. The summed E-state index contributed by atoms with van der Waals surface area (Å²) < 4.78 is 12.2. The molecule has 0 bridgehead atoms. The van der Waals surface area contributed by atoms with Crippen molar-refractivity contribution in [3.8, 4) is 11.5 Å². The fourth-order valence-electron chi connectivity index (χ4n) is 3.60. The fourth-order valence-corrected chi connectivity index (χ4v) is 3.72. The van der Waals surface area contributed by atoms with Crippen LogP contribution < -0.4 is 14.4 Å². The Labute approximate surface area is 179 Å². The van der Waals surface area contributed by atoms with Crippen LogP contribution in [0.5, 0.6) is 11.5 Å². The Morgan fingerprint density at radius 2 is 1.73 bits per heavy atom. The Kier molecular flexibility index (Phi) is 5.42. The molecule has 4 rings (SSSR count). The molecule has 1 atom stereocenters. The summed E-state index contributed by atoms with van der Waals surface area (Å²) in [7, 11) is 3.04. The molecule has 0 radical (unpaired) electrons. The minimum Gasteiger partial charge on any atom is -0.493 e. The number of methoxy groups -OCH3 is 2. The summed E-state index contributed by atoms with van der Waals surface area (Å²) in [4.78, 5) is 27.9. The van der Waals surface area contributed by atoms with E-state index >= 15 is 0 Å². The van der Waals surface area contributed by atoms with Crippen molar-refractivity contribution in [2.75, 3.05) is 19.1 Å². The molecular formula is C23H20ClN2O4+. The lowest BCUT2D eigenvalue weighted by Gasteiger charge is -2.27. The zero-order valence-electron chi connectivity index (χ0n) is 16.5. The lowest BCUT2D eigenvalue weighted by atomic mass is 9.94. The molecule has 3 amide bonds. The summed E-state index contributed by atoms with van der Waals surface area (Å²) in [5, 5.41) is 0.622. The second-order valence-corrected chi connectivity index (χ2v) is 7.29. The van der Waals surface area contributed by atoms with Gasteiger partial charge in [-0.3, -0.25) is 0 Å². The van der Waals surface area contributed by atoms with Gasteiger partial charge in [-0.05, 0) is 35.9 Å². The SMILES string of the molecule is COc1ccc(N2C(=O)C3C=CC=CC3=[N+](Cc3ccc(Cl)cc3)C2=O)cc1OC. The zero-order valence-corrected chi connectivity index (χ0v) is 17.3. The first-order valence-corrected chi connectivity index (χ1v) is 9.75. The molecule has 1 aliphatic carbocycles. The molecule has 2 aromatic carbocycles. The maximum atomic E-state index is 13.5. The van der Waals surface area contributed by atoms with Gasteiger partial charge in [0.05, 0.1) is 14.2 Å². The highest BCUT2D eigenvalue weighted by atomic mass is 35.5. The summed E-state index contributed by atoms with van der Waals surface area (Å²) in [6.07, 6.45) is 7.25. The van der Waals surface area contributed by atoms with Gasteiger partial charge < -0.3 is 9.47 Å². The molecule has 2 aromatic rings. The van der Waals surface area contributed by atoms with Gasteiger partial charge in [0.25, 0.3) is 0 Å². The average Bonchev–Trinajstić information content (AvgIpc) is 2.78. The van der Waals surface area contributed by atoms with Crippen LogP contribution in [0.4, 0.5) is 10.5 Å². The molecule has 0 aromatic heterocycles. The van der Waals surface area contributed by atoms with E-state index in [-0.39, 0.29) is 5.91 Å². The Hall–Kier alpha value is -3.38. The summed E-state index contributed by atoms with van der Waals surface area (Å²) in [5.41, 5.74) is 1.98. The smallest absolute Gasteiger partial charge is 0.493 e. The molecule has 30 heavy (non-hydrogen) atoms. The number of anilines is 1. The largest absolute Gasteiger partial charge is 0.506 e. The molecule has 7 heteroatoms. The van der Waals surface area contributed by atoms with Crippen LogP contribution in [0.2, 0.25) is 5.02 Å². The number of hydrogen-bond acceptors (Lipinski definition) is 4. The number of carbonyl (C=O) groups excluding carboxylic acids is 2. The first-order chi connectivity index (χ1) is 14.5. The van der Waals surface area contributed by atoms with Gasteiger partial charge in [0.15, 0.2) is 11.5 Å². The van der Waals surface area contributed by atoms with Crippen LogP contribution in [0.1, 0.15) is 5.56 Å². The van der Waals surface area contributed by atoms with Crippen molar-refractivity contribution in [2.45, 2.75) is 6.54 Å². The summed E-state index contributed by atoms with van der Waals surface area (Å²) in [6.45, 7) is 0.317. The van der Waals surface area contributed by atoms with Gasteiger partial charge in [-0.1, -0.05) is 42.0 Å². The molecule has 0 saturated heterocycles. The number of imide groups is 1. The molecule has 6 nitrogen and oxygen atoms in total. The number of amides is 3. The molecule has 0 N–H and O–H groups in total. The van der Waals surface area contributed by atoms with E-state index in [2.05, 4.69) is 0 Å². The molecule has 152 valence electrons. The molecule has 0 fully saturated rings. The van der Waals surface area contributed by atoms with E-state index < -0.39 is 11.9 Å². The van der Waals surface area contributed by atoms with Gasteiger partial charge in [-0.2, -0.15) is 9.37 Å². The first kappa shape index (κ1) is 19.9. The Bertz CT molecular complexity index is 1100. The topological polar surface area (TPSA) is 58.8 Å². The van der Waals surface area contributed by atoms with Crippen LogP contribution >= 0.6 is 11.6 Å². The summed E-state index contributed by atoms with van der Waals surface area (Å²) in [5.74, 6) is 0.0981. The number of nitrogens with zero attached hydrogens (tertiary/aromatic N) is 2. The Morgan fingerprint density at radius 3 is 2.43 bits per heavy atom. The normalized spacial score (nSPS) is 18.0.